The summed E-state index contributed by atoms with van der Waals surface area (Å²) in [6.07, 6.45) is 5.56. The molecule has 1 fully saturated rings. The number of aromatic amines is 1. The third-order valence-electron chi connectivity index (χ3n) is 3.79. The lowest BCUT2D eigenvalue weighted by atomic mass is 9.85. The fourth-order valence-electron chi connectivity index (χ4n) is 2.73. The molecule has 1 aliphatic carbocycles. The maximum absolute atomic E-state index is 12.2. The molecular weight excluding hydrogens is 240 g/mol. The summed E-state index contributed by atoms with van der Waals surface area (Å²) in [4.78, 5) is 12.2. The predicted molar refractivity (Wildman–Crippen MR) is 74.7 cm³/mol. The second kappa shape index (κ2) is 5.01. The molecule has 3 rings (SSSR count). The smallest absolute Gasteiger partial charge is 0.227 e. The molecule has 19 heavy (non-hydrogen) atoms. The molecule has 0 aliphatic heterocycles. The van der Waals surface area contributed by atoms with Gasteiger partial charge in [0.25, 0.3) is 0 Å². The van der Waals surface area contributed by atoms with Gasteiger partial charge in [-0.2, -0.15) is 5.10 Å². The summed E-state index contributed by atoms with van der Waals surface area (Å²) in [5.74, 6) is 0.127. The quantitative estimate of drug-likeness (QED) is 0.770. The minimum atomic E-state index is 0.0452. The summed E-state index contributed by atoms with van der Waals surface area (Å²) in [6, 6.07) is 5.91. The molecule has 0 bridgehead atoms. The lowest BCUT2D eigenvalue weighted by Crippen LogP contribution is -2.34. The fraction of sp³-hybridized carbons (Fsp3) is 0.429. The first kappa shape index (κ1) is 12.2. The zero-order chi connectivity index (χ0) is 13.2. The van der Waals surface area contributed by atoms with E-state index in [1.165, 1.54) is 0 Å². The van der Waals surface area contributed by atoms with Crippen molar-refractivity contribution in [1.29, 1.82) is 0 Å². The highest BCUT2D eigenvalue weighted by Crippen LogP contribution is 2.25. The molecule has 2 aromatic rings. The molecule has 1 aliphatic rings. The molecule has 100 valence electrons. The van der Waals surface area contributed by atoms with Gasteiger partial charge in [-0.25, -0.2) is 0 Å². The Morgan fingerprint density at radius 2 is 2.32 bits per heavy atom. The summed E-state index contributed by atoms with van der Waals surface area (Å²) in [7, 11) is 0. The summed E-state index contributed by atoms with van der Waals surface area (Å²) in [5, 5.41) is 10.8. The predicted octanol–water partition coefficient (Wildman–Crippen LogP) is 2.02. The van der Waals surface area contributed by atoms with E-state index in [1.54, 1.807) is 6.20 Å². The monoisotopic (exact) mass is 258 g/mol. The summed E-state index contributed by atoms with van der Waals surface area (Å²) in [6.45, 7) is 0. The Hall–Kier alpha value is -1.88. The number of nitrogens with two attached hydrogens (primary N) is 1. The highest BCUT2D eigenvalue weighted by Gasteiger charge is 2.25. The SMILES string of the molecule is NC1CCCC(C(=O)Nc2ccc3[nH]ncc3c2)C1. The third-order valence-corrected chi connectivity index (χ3v) is 3.79. The Bertz CT molecular complexity index is 592. The van der Waals surface area contributed by atoms with Crippen molar-refractivity contribution in [1.82, 2.24) is 10.2 Å². The highest BCUT2D eigenvalue weighted by atomic mass is 16.1. The first-order chi connectivity index (χ1) is 9.22. The van der Waals surface area contributed by atoms with Gasteiger partial charge in [0.1, 0.15) is 0 Å². The van der Waals surface area contributed by atoms with Gasteiger partial charge in [-0.05, 0) is 37.5 Å². The Balaban J connectivity index is 1.71. The van der Waals surface area contributed by atoms with Gasteiger partial charge in [-0.1, -0.05) is 6.42 Å². The van der Waals surface area contributed by atoms with E-state index in [1.807, 2.05) is 18.2 Å². The number of amides is 1. The molecule has 0 saturated heterocycles. The number of aromatic nitrogens is 2. The van der Waals surface area contributed by atoms with Gasteiger partial charge in [-0.3, -0.25) is 9.89 Å². The molecule has 1 amide bonds. The molecular formula is C14H18N4O. The zero-order valence-electron chi connectivity index (χ0n) is 10.7. The lowest BCUT2D eigenvalue weighted by Gasteiger charge is -2.25. The van der Waals surface area contributed by atoms with Crippen LogP contribution < -0.4 is 11.1 Å². The number of anilines is 1. The Morgan fingerprint density at radius 1 is 1.42 bits per heavy atom. The van der Waals surface area contributed by atoms with E-state index >= 15 is 0 Å². The Morgan fingerprint density at radius 3 is 3.16 bits per heavy atom. The number of hydrogen-bond acceptors (Lipinski definition) is 3. The first-order valence-corrected chi connectivity index (χ1v) is 6.72. The lowest BCUT2D eigenvalue weighted by molar-refractivity contribution is -0.120. The number of nitrogens with zero attached hydrogens (tertiary/aromatic N) is 1. The van der Waals surface area contributed by atoms with Crippen molar-refractivity contribution in [2.75, 3.05) is 5.32 Å². The largest absolute Gasteiger partial charge is 0.328 e. The molecule has 1 heterocycles. The Labute approximate surface area is 111 Å². The molecule has 5 nitrogen and oxygen atoms in total. The van der Waals surface area contributed by atoms with E-state index in [4.69, 9.17) is 5.73 Å². The van der Waals surface area contributed by atoms with Crippen LogP contribution in [-0.2, 0) is 4.79 Å². The summed E-state index contributed by atoms with van der Waals surface area (Å²) >= 11 is 0. The maximum Gasteiger partial charge on any atom is 0.227 e. The number of carbonyl (C=O) groups is 1. The van der Waals surface area contributed by atoms with Crippen molar-refractivity contribution >= 4 is 22.5 Å². The molecule has 4 N–H and O–H groups in total. The molecule has 0 radical (unpaired) electrons. The van der Waals surface area contributed by atoms with Crippen molar-refractivity contribution in [2.45, 2.75) is 31.7 Å². The van der Waals surface area contributed by atoms with E-state index in [0.717, 1.165) is 42.3 Å². The average molecular weight is 258 g/mol. The van der Waals surface area contributed by atoms with Gasteiger partial charge < -0.3 is 11.1 Å². The summed E-state index contributed by atoms with van der Waals surface area (Å²) in [5.41, 5.74) is 7.71. The van der Waals surface area contributed by atoms with E-state index in [-0.39, 0.29) is 17.9 Å². The van der Waals surface area contributed by atoms with E-state index < -0.39 is 0 Å². The zero-order valence-corrected chi connectivity index (χ0v) is 10.7. The van der Waals surface area contributed by atoms with E-state index in [9.17, 15) is 4.79 Å². The van der Waals surface area contributed by atoms with Crippen LogP contribution in [0.3, 0.4) is 0 Å². The maximum atomic E-state index is 12.2. The van der Waals surface area contributed by atoms with E-state index in [0.29, 0.717) is 0 Å². The highest BCUT2D eigenvalue weighted by molar-refractivity contribution is 5.94. The fourth-order valence-corrected chi connectivity index (χ4v) is 2.73. The minimum absolute atomic E-state index is 0.0452. The molecule has 5 heteroatoms. The van der Waals surface area contributed by atoms with Crippen molar-refractivity contribution < 1.29 is 4.79 Å². The van der Waals surface area contributed by atoms with Crippen LogP contribution in [0.15, 0.2) is 24.4 Å². The molecule has 1 aromatic carbocycles. The number of H-pyrrole nitrogens is 1. The molecule has 1 aromatic heterocycles. The Kier molecular flexibility index (Phi) is 3.21. The number of benzene rings is 1. The van der Waals surface area contributed by atoms with Crippen LogP contribution in [0.1, 0.15) is 25.7 Å². The molecule has 0 spiro atoms. The van der Waals surface area contributed by atoms with Crippen molar-refractivity contribution in [2.24, 2.45) is 11.7 Å². The second-order valence-corrected chi connectivity index (χ2v) is 5.28. The number of rotatable bonds is 2. The standard InChI is InChI=1S/C14H18N4O/c15-11-3-1-2-9(6-11)14(19)17-12-4-5-13-10(7-12)8-16-18-13/h4-5,7-9,11H,1-3,6,15H2,(H,16,18)(H,17,19). The van der Waals surface area contributed by atoms with Crippen molar-refractivity contribution in [3.8, 4) is 0 Å². The first-order valence-electron chi connectivity index (χ1n) is 6.72. The minimum Gasteiger partial charge on any atom is -0.328 e. The van der Waals surface area contributed by atoms with Crippen LogP contribution in [0.5, 0.6) is 0 Å². The normalized spacial score (nSPS) is 23.4. The average Bonchev–Trinajstić information content (AvgIpc) is 2.86. The van der Waals surface area contributed by atoms with Crippen LogP contribution in [0.25, 0.3) is 10.9 Å². The van der Waals surface area contributed by atoms with Crippen LogP contribution in [-0.4, -0.2) is 22.1 Å². The van der Waals surface area contributed by atoms with E-state index in [2.05, 4.69) is 15.5 Å². The van der Waals surface area contributed by atoms with Gasteiger partial charge in [0.15, 0.2) is 0 Å². The third kappa shape index (κ3) is 2.61. The van der Waals surface area contributed by atoms with Gasteiger partial charge in [0, 0.05) is 23.0 Å². The van der Waals surface area contributed by atoms with Crippen molar-refractivity contribution in [3.63, 3.8) is 0 Å². The van der Waals surface area contributed by atoms with Gasteiger partial charge in [0.05, 0.1) is 11.7 Å². The number of carbonyl (C=O) groups excluding carboxylic acids is 1. The summed E-state index contributed by atoms with van der Waals surface area (Å²) < 4.78 is 0. The van der Waals surface area contributed by atoms with Gasteiger partial charge in [-0.15, -0.1) is 0 Å². The molecule has 2 atom stereocenters. The van der Waals surface area contributed by atoms with Crippen LogP contribution in [0.2, 0.25) is 0 Å². The van der Waals surface area contributed by atoms with Crippen LogP contribution >= 0.6 is 0 Å². The van der Waals surface area contributed by atoms with Crippen molar-refractivity contribution in [3.05, 3.63) is 24.4 Å². The molecule has 1 saturated carbocycles. The number of nitrogens with one attached hydrogen (secondary N) is 2. The topological polar surface area (TPSA) is 83.8 Å². The van der Waals surface area contributed by atoms with Crippen LogP contribution in [0.4, 0.5) is 5.69 Å². The number of fused-ring (bicyclic) bond motifs is 1. The second-order valence-electron chi connectivity index (χ2n) is 5.28. The van der Waals surface area contributed by atoms with Crippen LogP contribution in [0, 0.1) is 5.92 Å². The molecule has 2 unspecified atom stereocenters. The van der Waals surface area contributed by atoms with Gasteiger partial charge in [0.2, 0.25) is 5.91 Å². The van der Waals surface area contributed by atoms with Gasteiger partial charge >= 0.3 is 0 Å². The number of hydrogen-bond donors (Lipinski definition) is 3.